The molecule has 0 saturated carbocycles. The van der Waals surface area contributed by atoms with Crippen LogP contribution in [-0.4, -0.2) is 35.9 Å². The number of hydrogen-bond donors (Lipinski definition) is 1. The molecule has 0 radical (unpaired) electrons. The van der Waals surface area contributed by atoms with E-state index >= 15 is 0 Å². The number of Topliss-reactive ketones (excluding diaryl/α,β-unsaturated/α-hetero) is 1. The molecule has 10 heavy (non-hydrogen) atoms. The summed E-state index contributed by atoms with van der Waals surface area (Å²) in [7, 11) is 1.93. The van der Waals surface area contributed by atoms with Crippen molar-refractivity contribution in [2.75, 3.05) is 20.1 Å². The van der Waals surface area contributed by atoms with Crippen molar-refractivity contribution in [3.05, 3.63) is 11.8 Å². The molecule has 1 aliphatic rings. The molecule has 0 aromatic rings. The number of hydrogen-bond acceptors (Lipinski definition) is 3. The third-order valence-corrected chi connectivity index (χ3v) is 1.67. The summed E-state index contributed by atoms with van der Waals surface area (Å²) in [5.74, 6) is 0.0700. The Morgan fingerprint density at radius 2 is 2.40 bits per heavy atom. The van der Waals surface area contributed by atoms with Crippen molar-refractivity contribution < 1.29 is 9.90 Å². The van der Waals surface area contributed by atoms with E-state index in [1.165, 1.54) is 0 Å². The van der Waals surface area contributed by atoms with Crippen molar-refractivity contribution >= 4 is 5.78 Å². The lowest BCUT2D eigenvalue weighted by Gasteiger charge is -2.22. The normalized spacial score (nSPS) is 25.7. The third kappa shape index (κ3) is 1.36. The highest BCUT2D eigenvalue weighted by molar-refractivity contribution is 5.96. The van der Waals surface area contributed by atoms with Gasteiger partial charge in [-0.2, -0.15) is 0 Å². The largest absolute Gasteiger partial charge is 0.515 e. The van der Waals surface area contributed by atoms with E-state index in [0.717, 1.165) is 12.8 Å². The van der Waals surface area contributed by atoms with Gasteiger partial charge in [-0.1, -0.05) is 0 Å². The van der Waals surface area contributed by atoms with Crippen molar-refractivity contribution in [3.8, 4) is 0 Å². The van der Waals surface area contributed by atoms with E-state index < -0.39 is 0 Å². The molecule has 1 N–H and O–H groups in total. The van der Waals surface area contributed by atoms with E-state index in [1.54, 1.807) is 0 Å². The van der Waals surface area contributed by atoms with E-state index in [-0.39, 0.29) is 5.78 Å². The SMILES string of the molecule is CN1CCC(=O)C(=CO)C1. The summed E-state index contributed by atoms with van der Waals surface area (Å²) in [5, 5.41) is 8.57. The maximum Gasteiger partial charge on any atom is 0.164 e. The summed E-state index contributed by atoms with van der Waals surface area (Å²) < 4.78 is 0. The molecule has 1 heterocycles. The summed E-state index contributed by atoms with van der Waals surface area (Å²) in [6, 6.07) is 0. The van der Waals surface area contributed by atoms with Gasteiger partial charge < -0.3 is 10.0 Å². The van der Waals surface area contributed by atoms with Gasteiger partial charge in [0.25, 0.3) is 0 Å². The number of nitrogens with zero attached hydrogens (tertiary/aromatic N) is 1. The number of likely N-dealkylation sites (tertiary alicyclic amines) is 1. The number of carbonyl (C=O) groups excluding carboxylic acids is 1. The Hall–Kier alpha value is -0.830. The van der Waals surface area contributed by atoms with Crippen LogP contribution in [0.25, 0.3) is 0 Å². The smallest absolute Gasteiger partial charge is 0.164 e. The van der Waals surface area contributed by atoms with Crippen LogP contribution >= 0.6 is 0 Å². The summed E-state index contributed by atoms with van der Waals surface area (Å²) >= 11 is 0. The molecule has 1 aliphatic heterocycles. The maximum absolute atomic E-state index is 10.9. The monoisotopic (exact) mass is 141 g/mol. The number of ketones is 1. The molecule has 1 fully saturated rings. The van der Waals surface area contributed by atoms with Gasteiger partial charge >= 0.3 is 0 Å². The van der Waals surface area contributed by atoms with E-state index in [0.29, 0.717) is 18.5 Å². The van der Waals surface area contributed by atoms with Crippen molar-refractivity contribution in [2.45, 2.75) is 6.42 Å². The molecular formula is C7H11NO2. The lowest BCUT2D eigenvalue weighted by atomic mass is 10.1. The minimum atomic E-state index is 0.0700. The van der Waals surface area contributed by atoms with Crippen LogP contribution in [0.5, 0.6) is 0 Å². The number of carbonyl (C=O) groups is 1. The molecule has 0 aromatic heterocycles. The van der Waals surface area contributed by atoms with Gasteiger partial charge in [-0.25, -0.2) is 0 Å². The molecule has 0 atom stereocenters. The lowest BCUT2D eigenvalue weighted by molar-refractivity contribution is -0.117. The molecule has 0 amide bonds. The van der Waals surface area contributed by atoms with Crippen molar-refractivity contribution in [2.24, 2.45) is 0 Å². The number of aliphatic hydroxyl groups is 1. The first kappa shape index (κ1) is 7.28. The fourth-order valence-corrected chi connectivity index (χ4v) is 1.02. The third-order valence-electron chi connectivity index (χ3n) is 1.67. The van der Waals surface area contributed by atoms with Crippen molar-refractivity contribution in [1.82, 2.24) is 4.90 Å². The van der Waals surface area contributed by atoms with Gasteiger partial charge in [-0.15, -0.1) is 0 Å². The van der Waals surface area contributed by atoms with E-state index in [9.17, 15) is 4.79 Å². The Morgan fingerprint density at radius 1 is 1.70 bits per heavy atom. The average Bonchev–Trinajstić information content (AvgIpc) is 1.94. The number of aliphatic hydroxyl groups excluding tert-OH is 1. The van der Waals surface area contributed by atoms with Gasteiger partial charge in [0, 0.05) is 25.1 Å². The molecule has 1 rings (SSSR count). The molecule has 56 valence electrons. The molecule has 0 unspecified atom stereocenters. The number of rotatable bonds is 0. The molecule has 3 nitrogen and oxygen atoms in total. The van der Waals surface area contributed by atoms with Crippen LogP contribution in [0.2, 0.25) is 0 Å². The standard InChI is InChI=1S/C7H11NO2/c1-8-3-2-7(10)6(4-8)5-9/h5,9H,2-4H2,1H3. The lowest BCUT2D eigenvalue weighted by Crippen LogP contribution is -2.32. The highest BCUT2D eigenvalue weighted by Gasteiger charge is 2.17. The summed E-state index contributed by atoms with van der Waals surface area (Å²) in [6.45, 7) is 1.38. The second kappa shape index (κ2) is 2.84. The predicted octanol–water partition coefficient (Wildman–Crippen LogP) is 0.333. The topological polar surface area (TPSA) is 40.5 Å². The van der Waals surface area contributed by atoms with Crippen molar-refractivity contribution in [1.29, 1.82) is 0 Å². The highest BCUT2D eigenvalue weighted by Crippen LogP contribution is 2.08. The van der Waals surface area contributed by atoms with Crippen LogP contribution in [0.15, 0.2) is 11.8 Å². The molecule has 3 heteroatoms. The Bertz CT molecular complexity index is 174. The van der Waals surface area contributed by atoms with Gasteiger partial charge in [0.1, 0.15) is 0 Å². The maximum atomic E-state index is 10.9. The number of likely N-dealkylation sites (N-methyl/N-ethyl adjacent to an activating group) is 1. The number of piperidine rings is 1. The molecule has 0 bridgehead atoms. The summed E-state index contributed by atoms with van der Waals surface area (Å²) in [6.07, 6.45) is 1.45. The molecule has 0 aliphatic carbocycles. The first-order valence-corrected chi connectivity index (χ1v) is 3.29. The molecular weight excluding hydrogens is 130 g/mol. The first-order chi connectivity index (χ1) is 4.74. The van der Waals surface area contributed by atoms with E-state index in [1.807, 2.05) is 11.9 Å². The van der Waals surface area contributed by atoms with Crippen LogP contribution in [-0.2, 0) is 4.79 Å². The van der Waals surface area contributed by atoms with E-state index in [4.69, 9.17) is 5.11 Å². The van der Waals surface area contributed by atoms with Gasteiger partial charge in [0.05, 0.1) is 6.26 Å². The molecule has 0 aromatic carbocycles. The van der Waals surface area contributed by atoms with Crippen LogP contribution in [0, 0.1) is 0 Å². The molecule has 1 saturated heterocycles. The quantitative estimate of drug-likeness (QED) is 0.390. The Kier molecular flexibility index (Phi) is 2.06. The highest BCUT2D eigenvalue weighted by atomic mass is 16.2. The zero-order valence-corrected chi connectivity index (χ0v) is 6.00. The zero-order valence-electron chi connectivity index (χ0n) is 6.00. The van der Waals surface area contributed by atoms with Crippen LogP contribution in [0.4, 0.5) is 0 Å². The zero-order chi connectivity index (χ0) is 7.56. The summed E-state index contributed by atoms with van der Waals surface area (Å²) in [5.41, 5.74) is 0.522. The molecule has 0 spiro atoms. The van der Waals surface area contributed by atoms with Crippen LogP contribution in [0.1, 0.15) is 6.42 Å². The Labute approximate surface area is 59.9 Å². The second-order valence-electron chi connectivity index (χ2n) is 2.57. The van der Waals surface area contributed by atoms with Crippen molar-refractivity contribution in [3.63, 3.8) is 0 Å². The minimum Gasteiger partial charge on any atom is -0.515 e. The fraction of sp³-hybridized carbons (Fsp3) is 0.571. The van der Waals surface area contributed by atoms with Crippen LogP contribution in [0.3, 0.4) is 0 Å². The predicted molar refractivity (Wildman–Crippen MR) is 37.8 cm³/mol. The van der Waals surface area contributed by atoms with Gasteiger partial charge in [-0.05, 0) is 7.05 Å². The van der Waals surface area contributed by atoms with Gasteiger partial charge in [0.2, 0.25) is 0 Å². The fourth-order valence-electron chi connectivity index (χ4n) is 1.02. The average molecular weight is 141 g/mol. The van der Waals surface area contributed by atoms with Crippen LogP contribution < -0.4 is 0 Å². The minimum absolute atomic E-state index is 0.0700. The Balaban J connectivity index is 2.63. The second-order valence-corrected chi connectivity index (χ2v) is 2.57. The first-order valence-electron chi connectivity index (χ1n) is 3.29. The van der Waals surface area contributed by atoms with E-state index in [2.05, 4.69) is 0 Å². The van der Waals surface area contributed by atoms with Gasteiger partial charge in [-0.3, -0.25) is 4.79 Å². The summed E-state index contributed by atoms with van der Waals surface area (Å²) in [4.78, 5) is 12.9. The Morgan fingerprint density at radius 3 is 2.90 bits per heavy atom. The van der Waals surface area contributed by atoms with Gasteiger partial charge in [0.15, 0.2) is 5.78 Å².